The Morgan fingerprint density at radius 3 is 2.75 bits per heavy atom. The van der Waals surface area contributed by atoms with Crippen LogP contribution in [0.1, 0.15) is 32.6 Å². The van der Waals surface area contributed by atoms with E-state index in [4.69, 9.17) is 17.3 Å². The van der Waals surface area contributed by atoms with Crippen LogP contribution in [0.3, 0.4) is 0 Å². The van der Waals surface area contributed by atoms with Crippen LogP contribution in [0.4, 0.5) is 11.4 Å². The second kappa shape index (κ2) is 8.97. The van der Waals surface area contributed by atoms with Gasteiger partial charge in [0, 0.05) is 33.7 Å². The zero-order valence-electron chi connectivity index (χ0n) is 11.7. The fraction of sp³-hybridized carbons (Fsp3) is 0.500. The number of nitrogens with one attached hydrogen (secondary N) is 1. The maximum absolute atomic E-state index is 11.7. The minimum absolute atomic E-state index is 0.178. The summed E-state index contributed by atoms with van der Waals surface area (Å²) in [6.07, 6.45) is 3.38. The average Bonchev–Trinajstić information content (AvgIpc) is 2.40. The summed E-state index contributed by atoms with van der Waals surface area (Å²) >= 11 is 5.78. The van der Waals surface area contributed by atoms with Crippen LogP contribution in [-0.2, 0) is 15.6 Å². The van der Waals surface area contributed by atoms with Crippen molar-refractivity contribution in [3.05, 3.63) is 23.2 Å². The van der Waals surface area contributed by atoms with Gasteiger partial charge in [-0.25, -0.2) is 0 Å². The third-order valence-corrected chi connectivity index (χ3v) is 4.46. The lowest BCUT2D eigenvalue weighted by atomic mass is 10.2. The minimum Gasteiger partial charge on any atom is -0.397 e. The first-order chi connectivity index (χ1) is 9.52. The Kier molecular flexibility index (Phi) is 7.62. The number of halogens is 1. The van der Waals surface area contributed by atoms with Crippen LogP contribution < -0.4 is 11.1 Å². The number of hydrogen-bond acceptors (Lipinski definition) is 3. The number of carbonyl (C=O) groups excluding carboxylic acids is 1. The number of carbonyl (C=O) groups is 1. The third-order valence-electron chi connectivity index (χ3n) is 2.82. The molecule has 0 aliphatic rings. The Labute approximate surface area is 127 Å². The maximum atomic E-state index is 11.7. The van der Waals surface area contributed by atoms with Gasteiger partial charge in [-0.2, -0.15) is 0 Å². The Balaban J connectivity index is 2.34. The molecule has 0 spiro atoms. The number of nitrogens with two attached hydrogens (primary N) is 1. The Bertz CT molecular complexity index is 480. The largest absolute Gasteiger partial charge is 0.397 e. The smallest absolute Gasteiger partial charge is 0.225 e. The number of unbranched alkanes of at least 4 members (excludes halogenated alkanes) is 2. The maximum Gasteiger partial charge on any atom is 0.225 e. The highest BCUT2D eigenvalue weighted by molar-refractivity contribution is 7.84. The summed E-state index contributed by atoms with van der Waals surface area (Å²) in [5, 5.41) is 3.23. The van der Waals surface area contributed by atoms with E-state index in [1.54, 1.807) is 18.2 Å². The van der Waals surface area contributed by atoms with Crippen LogP contribution in [0, 0.1) is 0 Å². The molecule has 1 rings (SSSR count). The van der Waals surface area contributed by atoms with Crippen molar-refractivity contribution < 1.29 is 9.00 Å². The quantitative estimate of drug-likeness (QED) is 0.571. The van der Waals surface area contributed by atoms with Crippen LogP contribution in [-0.4, -0.2) is 21.6 Å². The van der Waals surface area contributed by atoms with Gasteiger partial charge >= 0.3 is 0 Å². The zero-order chi connectivity index (χ0) is 15.0. The van der Waals surface area contributed by atoms with E-state index >= 15 is 0 Å². The first kappa shape index (κ1) is 17.0. The van der Waals surface area contributed by atoms with Crippen molar-refractivity contribution in [2.24, 2.45) is 0 Å². The van der Waals surface area contributed by atoms with E-state index in [1.807, 2.05) is 0 Å². The highest BCUT2D eigenvalue weighted by Gasteiger charge is 2.08. The van der Waals surface area contributed by atoms with Crippen molar-refractivity contribution in [2.75, 3.05) is 22.6 Å². The number of benzene rings is 1. The molecular weight excluding hydrogens is 296 g/mol. The number of nitrogen functional groups attached to an aromatic ring is 1. The van der Waals surface area contributed by atoms with Gasteiger partial charge in [0.15, 0.2) is 0 Å². The highest BCUT2D eigenvalue weighted by Crippen LogP contribution is 2.22. The highest BCUT2D eigenvalue weighted by atomic mass is 35.5. The molecule has 0 aliphatic carbocycles. The van der Waals surface area contributed by atoms with Gasteiger partial charge in [0.05, 0.1) is 11.4 Å². The van der Waals surface area contributed by atoms with Gasteiger partial charge in [-0.1, -0.05) is 31.4 Å². The van der Waals surface area contributed by atoms with Crippen molar-refractivity contribution >= 4 is 39.7 Å². The summed E-state index contributed by atoms with van der Waals surface area (Å²) in [6.45, 7) is 2.10. The van der Waals surface area contributed by atoms with Crippen molar-refractivity contribution in [3.8, 4) is 0 Å². The van der Waals surface area contributed by atoms with E-state index in [0.717, 1.165) is 19.3 Å². The second-order valence-corrected chi connectivity index (χ2v) is 6.72. The molecule has 0 bridgehead atoms. The first-order valence-corrected chi connectivity index (χ1v) is 8.59. The molecule has 1 aromatic carbocycles. The predicted octanol–water partition coefficient (Wildman–Crippen LogP) is 3.19. The predicted molar refractivity (Wildman–Crippen MR) is 86.5 cm³/mol. The summed E-state index contributed by atoms with van der Waals surface area (Å²) in [7, 11) is -0.922. The van der Waals surface area contributed by atoms with Crippen molar-refractivity contribution in [2.45, 2.75) is 32.6 Å². The molecule has 1 atom stereocenters. The minimum atomic E-state index is -0.922. The molecule has 0 heterocycles. The van der Waals surface area contributed by atoms with Gasteiger partial charge < -0.3 is 11.1 Å². The number of amides is 1. The summed E-state index contributed by atoms with van der Waals surface area (Å²) in [5.41, 5.74) is 6.71. The molecule has 0 aliphatic heterocycles. The molecule has 1 amide bonds. The molecular formula is C14H21ClN2O2S. The topological polar surface area (TPSA) is 72.2 Å². The number of anilines is 2. The van der Waals surface area contributed by atoms with Gasteiger partial charge in [-0.3, -0.25) is 9.00 Å². The van der Waals surface area contributed by atoms with E-state index in [1.165, 1.54) is 0 Å². The fourth-order valence-electron chi connectivity index (χ4n) is 1.68. The number of rotatable bonds is 8. The lowest BCUT2D eigenvalue weighted by Gasteiger charge is -2.08. The molecule has 1 aromatic rings. The van der Waals surface area contributed by atoms with Gasteiger partial charge in [-0.05, 0) is 24.6 Å². The van der Waals surface area contributed by atoms with Crippen molar-refractivity contribution in [1.82, 2.24) is 0 Å². The molecule has 3 N–H and O–H groups in total. The SMILES string of the molecule is CCCCCS(=O)CCC(=O)Nc1ccc(Cl)cc1N. The molecule has 0 saturated carbocycles. The summed E-state index contributed by atoms with van der Waals surface area (Å²) < 4.78 is 11.7. The average molecular weight is 317 g/mol. The number of hydrogen-bond donors (Lipinski definition) is 2. The Hall–Kier alpha value is -1.07. The molecule has 4 nitrogen and oxygen atoms in total. The van der Waals surface area contributed by atoms with Gasteiger partial charge in [0.1, 0.15) is 0 Å². The van der Waals surface area contributed by atoms with Crippen LogP contribution >= 0.6 is 11.6 Å². The monoisotopic (exact) mass is 316 g/mol. The van der Waals surface area contributed by atoms with E-state index < -0.39 is 10.8 Å². The standard InChI is InChI=1S/C14H21ClN2O2S/c1-2-3-4-8-20(19)9-7-14(18)17-13-6-5-11(15)10-12(13)16/h5-6,10H,2-4,7-9,16H2,1H3,(H,17,18). The van der Waals surface area contributed by atoms with E-state index in [-0.39, 0.29) is 12.3 Å². The van der Waals surface area contributed by atoms with Gasteiger partial charge in [-0.15, -0.1) is 0 Å². The second-order valence-electron chi connectivity index (χ2n) is 4.58. The van der Waals surface area contributed by atoms with Crippen LogP contribution in [0.15, 0.2) is 18.2 Å². The normalized spacial score (nSPS) is 12.1. The Morgan fingerprint density at radius 2 is 2.10 bits per heavy atom. The molecule has 112 valence electrons. The van der Waals surface area contributed by atoms with Gasteiger partial charge in [0.25, 0.3) is 0 Å². The summed E-state index contributed by atoms with van der Waals surface area (Å²) in [5.74, 6) is 0.885. The van der Waals surface area contributed by atoms with Crippen LogP contribution in [0.5, 0.6) is 0 Å². The molecule has 0 aromatic heterocycles. The van der Waals surface area contributed by atoms with E-state index in [9.17, 15) is 9.00 Å². The van der Waals surface area contributed by atoms with Crippen LogP contribution in [0.2, 0.25) is 5.02 Å². The molecule has 0 radical (unpaired) electrons. The summed E-state index contributed by atoms with van der Waals surface area (Å²) in [6, 6.07) is 4.91. The first-order valence-electron chi connectivity index (χ1n) is 6.72. The molecule has 0 saturated heterocycles. The van der Waals surface area contributed by atoms with E-state index in [0.29, 0.717) is 27.9 Å². The molecule has 1 unspecified atom stereocenters. The molecule has 20 heavy (non-hydrogen) atoms. The molecule has 6 heteroatoms. The van der Waals surface area contributed by atoms with Crippen molar-refractivity contribution in [1.29, 1.82) is 0 Å². The van der Waals surface area contributed by atoms with E-state index in [2.05, 4.69) is 12.2 Å². The lowest BCUT2D eigenvalue weighted by Crippen LogP contribution is -2.16. The summed E-state index contributed by atoms with van der Waals surface area (Å²) in [4.78, 5) is 11.7. The molecule has 0 fully saturated rings. The van der Waals surface area contributed by atoms with Crippen LogP contribution in [0.25, 0.3) is 0 Å². The van der Waals surface area contributed by atoms with Gasteiger partial charge in [0.2, 0.25) is 5.91 Å². The zero-order valence-corrected chi connectivity index (χ0v) is 13.2. The fourth-order valence-corrected chi connectivity index (χ4v) is 3.01. The Morgan fingerprint density at radius 1 is 1.35 bits per heavy atom. The lowest BCUT2D eigenvalue weighted by molar-refractivity contribution is -0.115. The third kappa shape index (κ3) is 6.39. The van der Waals surface area contributed by atoms with Crippen molar-refractivity contribution in [3.63, 3.8) is 0 Å².